The van der Waals surface area contributed by atoms with E-state index in [-0.39, 0.29) is 5.82 Å². The van der Waals surface area contributed by atoms with Crippen molar-refractivity contribution in [1.82, 2.24) is 20.0 Å². The molecule has 2 aromatic rings. The molecule has 2 aromatic heterocycles. The number of nitrogens with one attached hydrogen (secondary N) is 1. The van der Waals surface area contributed by atoms with Gasteiger partial charge >= 0.3 is 0 Å². The van der Waals surface area contributed by atoms with Crippen LogP contribution >= 0.6 is 0 Å². The van der Waals surface area contributed by atoms with Gasteiger partial charge in [-0.05, 0) is 18.6 Å². The summed E-state index contributed by atoms with van der Waals surface area (Å²) in [7, 11) is 0. The van der Waals surface area contributed by atoms with E-state index in [1.807, 2.05) is 10.9 Å². The summed E-state index contributed by atoms with van der Waals surface area (Å²) in [6, 6.07) is 2.96. The maximum atomic E-state index is 12.7. The summed E-state index contributed by atoms with van der Waals surface area (Å²) in [6.07, 6.45) is 4.17. The van der Waals surface area contributed by atoms with E-state index in [1.165, 1.54) is 12.3 Å². The number of halogens is 1. The van der Waals surface area contributed by atoms with Crippen LogP contribution in [-0.4, -0.2) is 33.2 Å². The van der Waals surface area contributed by atoms with E-state index < -0.39 is 0 Å². The van der Waals surface area contributed by atoms with E-state index in [2.05, 4.69) is 20.6 Å². The highest BCUT2D eigenvalue weighted by Gasteiger charge is 2.16. The Labute approximate surface area is 116 Å². The van der Waals surface area contributed by atoms with E-state index in [0.29, 0.717) is 18.3 Å². The molecule has 0 amide bonds. The van der Waals surface area contributed by atoms with Crippen molar-refractivity contribution in [2.75, 3.05) is 18.5 Å². The molecule has 1 aliphatic heterocycles. The van der Waals surface area contributed by atoms with Crippen LogP contribution in [0.3, 0.4) is 0 Å². The van der Waals surface area contributed by atoms with Crippen molar-refractivity contribution in [2.24, 2.45) is 5.92 Å². The molecular formula is C13H16FN5O. The molecule has 0 spiro atoms. The Hall–Kier alpha value is -2.02. The number of pyridine rings is 1. The maximum Gasteiger partial charge on any atom is 0.141 e. The third-order valence-electron chi connectivity index (χ3n) is 3.23. The molecule has 0 aromatic carbocycles. The number of hydrogen-bond donors (Lipinski definition) is 1. The molecule has 1 fully saturated rings. The molecule has 0 bridgehead atoms. The third-order valence-corrected chi connectivity index (χ3v) is 3.23. The molecule has 0 saturated carbocycles. The van der Waals surface area contributed by atoms with E-state index >= 15 is 0 Å². The molecule has 1 aliphatic rings. The molecule has 106 valence electrons. The molecule has 6 nitrogen and oxygen atoms in total. The molecule has 20 heavy (non-hydrogen) atoms. The summed E-state index contributed by atoms with van der Waals surface area (Å²) >= 11 is 0. The van der Waals surface area contributed by atoms with E-state index in [0.717, 1.165) is 31.9 Å². The van der Waals surface area contributed by atoms with Gasteiger partial charge in [0.15, 0.2) is 0 Å². The van der Waals surface area contributed by atoms with Crippen LogP contribution in [0.15, 0.2) is 24.5 Å². The summed E-state index contributed by atoms with van der Waals surface area (Å²) in [4.78, 5) is 3.93. The Morgan fingerprint density at radius 2 is 2.40 bits per heavy atom. The lowest BCUT2D eigenvalue weighted by Crippen LogP contribution is -2.11. The Bertz CT molecular complexity index is 550. The van der Waals surface area contributed by atoms with Crippen LogP contribution in [0.5, 0.6) is 0 Å². The standard InChI is InChI=1S/C13H16FN5O/c14-11-1-2-13(15-5-11)16-6-12-8-19(18-17-12)7-10-3-4-20-9-10/h1-2,5,8,10H,3-4,6-7,9H2,(H,15,16). The van der Waals surface area contributed by atoms with Crippen molar-refractivity contribution in [3.63, 3.8) is 0 Å². The fraction of sp³-hybridized carbons (Fsp3) is 0.462. The molecule has 1 atom stereocenters. The van der Waals surface area contributed by atoms with Crippen LogP contribution in [0.4, 0.5) is 10.2 Å². The highest BCUT2D eigenvalue weighted by molar-refractivity contribution is 5.33. The molecule has 1 unspecified atom stereocenters. The molecule has 7 heteroatoms. The first-order valence-electron chi connectivity index (χ1n) is 6.62. The van der Waals surface area contributed by atoms with Crippen molar-refractivity contribution in [3.8, 4) is 0 Å². The fourth-order valence-corrected chi connectivity index (χ4v) is 2.16. The Morgan fingerprint density at radius 3 is 3.15 bits per heavy atom. The van der Waals surface area contributed by atoms with Gasteiger partial charge in [-0.15, -0.1) is 5.10 Å². The second-order valence-corrected chi connectivity index (χ2v) is 4.88. The van der Waals surface area contributed by atoms with Crippen LogP contribution in [-0.2, 0) is 17.8 Å². The molecule has 1 N–H and O–H groups in total. The van der Waals surface area contributed by atoms with Crippen LogP contribution in [0, 0.1) is 11.7 Å². The second-order valence-electron chi connectivity index (χ2n) is 4.88. The monoisotopic (exact) mass is 277 g/mol. The predicted molar refractivity (Wildman–Crippen MR) is 70.5 cm³/mol. The summed E-state index contributed by atoms with van der Waals surface area (Å²) in [5, 5.41) is 11.3. The van der Waals surface area contributed by atoms with E-state index in [9.17, 15) is 4.39 Å². The van der Waals surface area contributed by atoms with Gasteiger partial charge < -0.3 is 10.1 Å². The number of ether oxygens (including phenoxy) is 1. The average molecular weight is 277 g/mol. The van der Waals surface area contributed by atoms with Crippen LogP contribution < -0.4 is 5.32 Å². The average Bonchev–Trinajstić information content (AvgIpc) is 3.11. The molecule has 0 aliphatic carbocycles. The second kappa shape index (κ2) is 5.96. The zero-order valence-corrected chi connectivity index (χ0v) is 11.0. The van der Waals surface area contributed by atoms with Crippen molar-refractivity contribution in [1.29, 1.82) is 0 Å². The van der Waals surface area contributed by atoms with E-state index in [4.69, 9.17) is 4.74 Å². The topological polar surface area (TPSA) is 64.9 Å². The van der Waals surface area contributed by atoms with Crippen molar-refractivity contribution >= 4 is 5.82 Å². The minimum atomic E-state index is -0.347. The quantitative estimate of drug-likeness (QED) is 0.896. The smallest absolute Gasteiger partial charge is 0.141 e. The minimum Gasteiger partial charge on any atom is -0.381 e. The predicted octanol–water partition coefficient (Wildman–Crippen LogP) is 1.46. The van der Waals surface area contributed by atoms with Gasteiger partial charge in [-0.2, -0.15) is 0 Å². The summed E-state index contributed by atoms with van der Waals surface area (Å²) in [6.45, 7) is 2.98. The van der Waals surface area contributed by atoms with Gasteiger partial charge in [0.1, 0.15) is 17.3 Å². The van der Waals surface area contributed by atoms with Gasteiger partial charge in [0.05, 0.1) is 25.5 Å². The van der Waals surface area contributed by atoms with E-state index in [1.54, 1.807) is 6.07 Å². The van der Waals surface area contributed by atoms with Gasteiger partial charge in [-0.3, -0.25) is 4.68 Å². The molecule has 0 radical (unpaired) electrons. The molecule has 3 rings (SSSR count). The van der Waals surface area contributed by atoms with Gasteiger partial charge in [-0.1, -0.05) is 5.21 Å². The minimum absolute atomic E-state index is 0.347. The van der Waals surface area contributed by atoms with Crippen LogP contribution in [0.2, 0.25) is 0 Å². The SMILES string of the molecule is Fc1ccc(NCc2cn(CC3CCOC3)nn2)nc1. The lowest BCUT2D eigenvalue weighted by Gasteiger charge is -2.05. The van der Waals surface area contributed by atoms with Gasteiger partial charge in [0.25, 0.3) is 0 Å². The van der Waals surface area contributed by atoms with Gasteiger partial charge in [-0.25, -0.2) is 9.37 Å². The first kappa shape index (κ1) is 13.0. The van der Waals surface area contributed by atoms with Crippen molar-refractivity contribution in [2.45, 2.75) is 19.5 Å². The molecule has 3 heterocycles. The number of anilines is 1. The zero-order chi connectivity index (χ0) is 13.8. The van der Waals surface area contributed by atoms with Gasteiger partial charge in [0.2, 0.25) is 0 Å². The Balaban J connectivity index is 1.52. The van der Waals surface area contributed by atoms with Crippen molar-refractivity contribution in [3.05, 3.63) is 36.0 Å². The molecule has 1 saturated heterocycles. The van der Waals surface area contributed by atoms with Crippen molar-refractivity contribution < 1.29 is 9.13 Å². The Kier molecular flexibility index (Phi) is 3.87. The van der Waals surface area contributed by atoms with Crippen LogP contribution in [0.1, 0.15) is 12.1 Å². The summed E-state index contributed by atoms with van der Waals surface area (Å²) in [5.74, 6) is 0.793. The number of nitrogens with zero attached hydrogens (tertiary/aromatic N) is 4. The third kappa shape index (κ3) is 3.30. The summed E-state index contributed by atoms with van der Waals surface area (Å²) in [5.41, 5.74) is 0.829. The Morgan fingerprint density at radius 1 is 1.45 bits per heavy atom. The first-order chi connectivity index (χ1) is 9.79. The lowest BCUT2D eigenvalue weighted by atomic mass is 10.1. The van der Waals surface area contributed by atoms with Gasteiger partial charge in [0, 0.05) is 19.1 Å². The number of rotatable bonds is 5. The first-order valence-corrected chi connectivity index (χ1v) is 6.62. The molecular weight excluding hydrogens is 261 g/mol. The largest absolute Gasteiger partial charge is 0.381 e. The fourth-order valence-electron chi connectivity index (χ4n) is 2.16. The highest BCUT2D eigenvalue weighted by Crippen LogP contribution is 2.14. The normalized spacial score (nSPS) is 18.4. The zero-order valence-electron chi connectivity index (χ0n) is 11.0. The van der Waals surface area contributed by atoms with Crippen LogP contribution in [0.25, 0.3) is 0 Å². The number of hydrogen-bond acceptors (Lipinski definition) is 5. The maximum absolute atomic E-state index is 12.7. The summed E-state index contributed by atoms with van der Waals surface area (Å²) < 4.78 is 19.9. The lowest BCUT2D eigenvalue weighted by molar-refractivity contribution is 0.181. The number of aromatic nitrogens is 4. The highest BCUT2D eigenvalue weighted by atomic mass is 19.1.